The van der Waals surface area contributed by atoms with Crippen LogP contribution in [0, 0.1) is 0 Å². The van der Waals surface area contributed by atoms with Crippen molar-refractivity contribution in [3.8, 4) is 11.1 Å². The molecule has 0 aromatic heterocycles. The highest BCUT2D eigenvalue weighted by Gasteiger charge is 2.07. The van der Waals surface area contributed by atoms with Gasteiger partial charge in [-0.3, -0.25) is 0 Å². The predicted molar refractivity (Wildman–Crippen MR) is 77.6 cm³/mol. The van der Waals surface area contributed by atoms with Gasteiger partial charge in [-0.25, -0.2) is 0 Å². The first-order valence-corrected chi connectivity index (χ1v) is 6.32. The Labute approximate surface area is 109 Å². The number of hydrogen-bond donors (Lipinski definition) is 2. The van der Waals surface area contributed by atoms with Crippen molar-refractivity contribution in [1.82, 2.24) is 10.6 Å². The van der Waals surface area contributed by atoms with Crippen LogP contribution in [0.2, 0.25) is 0 Å². The van der Waals surface area contributed by atoms with E-state index in [0.29, 0.717) is 6.04 Å². The van der Waals surface area contributed by atoms with E-state index in [1.54, 1.807) is 0 Å². The molecular weight excluding hydrogens is 220 g/mol. The largest absolute Gasteiger partial charge is 0.318 e. The molecular formula is C16H20N2. The van der Waals surface area contributed by atoms with E-state index >= 15 is 0 Å². The Hall–Kier alpha value is -1.64. The highest BCUT2D eigenvalue weighted by Crippen LogP contribution is 2.21. The summed E-state index contributed by atoms with van der Waals surface area (Å²) in [4.78, 5) is 0. The van der Waals surface area contributed by atoms with E-state index in [9.17, 15) is 0 Å². The summed E-state index contributed by atoms with van der Waals surface area (Å²) in [6.45, 7) is 0.932. The molecule has 0 amide bonds. The van der Waals surface area contributed by atoms with E-state index in [1.165, 1.54) is 16.7 Å². The number of benzene rings is 2. The van der Waals surface area contributed by atoms with Crippen molar-refractivity contribution >= 4 is 0 Å². The summed E-state index contributed by atoms with van der Waals surface area (Å²) in [5.41, 5.74) is 3.84. The van der Waals surface area contributed by atoms with Gasteiger partial charge in [0.1, 0.15) is 0 Å². The Morgan fingerprint density at radius 3 is 2.00 bits per heavy atom. The number of hydrogen-bond acceptors (Lipinski definition) is 2. The van der Waals surface area contributed by atoms with Crippen LogP contribution in [0.4, 0.5) is 0 Å². The molecule has 2 heteroatoms. The third-order valence-electron chi connectivity index (χ3n) is 3.18. The lowest BCUT2D eigenvalue weighted by Crippen LogP contribution is -2.27. The summed E-state index contributed by atoms with van der Waals surface area (Å²) in [7, 11) is 3.97. The summed E-state index contributed by atoms with van der Waals surface area (Å²) < 4.78 is 0. The van der Waals surface area contributed by atoms with Crippen LogP contribution in [0.15, 0.2) is 54.6 Å². The average Bonchev–Trinajstić information content (AvgIpc) is 2.46. The third-order valence-corrected chi connectivity index (χ3v) is 3.18. The van der Waals surface area contributed by atoms with Gasteiger partial charge in [-0.05, 0) is 30.8 Å². The van der Waals surface area contributed by atoms with Crippen molar-refractivity contribution in [2.24, 2.45) is 0 Å². The molecule has 0 spiro atoms. The predicted octanol–water partition coefficient (Wildman–Crippen LogP) is 2.83. The van der Waals surface area contributed by atoms with Gasteiger partial charge in [0.25, 0.3) is 0 Å². The highest BCUT2D eigenvalue weighted by molar-refractivity contribution is 5.63. The molecule has 2 N–H and O–H groups in total. The topological polar surface area (TPSA) is 24.1 Å². The quantitative estimate of drug-likeness (QED) is 0.839. The van der Waals surface area contributed by atoms with Gasteiger partial charge in [0.05, 0.1) is 0 Å². The van der Waals surface area contributed by atoms with Crippen molar-refractivity contribution in [2.75, 3.05) is 20.6 Å². The Morgan fingerprint density at radius 1 is 0.833 bits per heavy atom. The fourth-order valence-corrected chi connectivity index (χ4v) is 2.13. The van der Waals surface area contributed by atoms with Crippen LogP contribution < -0.4 is 10.6 Å². The first kappa shape index (κ1) is 12.8. The Morgan fingerprint density at radius 2 is 1.44 bits per heavy atom. The Bertz CT molecular complexity index is 462. The van der Waals surface area contributed by atoms with E-state index in [1.807, 2.05) is 20.2 Å². The molecule has 0 saturated carbocycles. The first-order chi connectivity index (χ1) is 8.85. The minimum atomic E-state index is 0.361. The van der Waals surface area contributed by atoms with Crippen LogP contribution in [-0.4, -0.2) is 20.6 Å². The van der Waals surface area contributed by atoms with E-state index < -0.39 is 0 Å². The molecule has 0 aliphatic rings. The highest BCUT2D eigenvalue weighted by atomic mass is 14.9. The molecule has 0 saturated heterocycles. The van der Waals surface area contributed by atoms with Gasteiger partial charge in [-0.1, -0.05) is 54.6 Å². The SMILES string of the molecule is CNCC(NC)c1ccc(-c2ccccc2)cc1. The van der Waals surface area contributed by atoms with Crippen molar-refractivity contribution in [1.29, 1.82) is 0 Å². The lowest BCUT2D eigenvalue weighted by molar-refractivity contribution is 0.558. The minimum absolute atomic E-state index is 0.361. The summed E-state index contributed by atoms with van der Waals surface area (Å²) in [5, 5.41) is 6.52. The molecule has 0 aliphatic heterocycles. The fraction of sp³-hybridized carbons (Fsp3) is 0.250. The average molecular weight is 240 g/mol. The van der Waals surface area contributed by atoms with Gasteiger partial charge in [0, 0.05) is 12.6 Å². The second-order valence-corrected chi connectivity index (χ2v) is 4.39. The molecule has 0 heterocycles. The van der Waals surface area contributed by atoms with E-state index in [0.717, 1.165) is 6.54 Å². The van der Waals surface area contributed by atoms with Gasteiger partial charge < -0.3 is 10.6 Å². The lowest BCUT2D eigenvalue weighted by Gasteiger charge is -2.16. The molecule has 0 fully saturated rings. The smallest absolute Gasteiger partial charge is 0.0444 e. The van der Waals surface area contributed by atoms with Crippen molar-refractivity contribution in [2.45, 2.75) is 6.04 Å². The zero-order valence-corrected chi connectivity index (χ0v) is 11.0. The molecule has 0 radical (unpaired) electrons. The maximum Gasteiger partial charge on any atom is 0.0444 e. The van der Waals surface area contributed by atoms with Crippen LogP contribution in [-0.2, 0) is 0 Å². The van der Waals surface area contributed by atoms with Crippen LogP contribution in [0.5, 0.6) is 0 Å². The van der Waals surface area contributed by atoms with Gasteiger partial charge >= 0.3 is 0 Å². The fourth-order valence-electron chi connectivity index (χ4n) is 2.13. The number of rotatable bonds is 5. The summed E-state index contributed by atoms with van der Waals surface area (Å²) >= 11 is 0. The van der Waals surface area contributed by atoms with Crippen LogP contribution in [0.1, 0.15) is 11.6 Å². The molecule has 18 heavy (non-hydrogen) atoms. The number of nitrogens with one attached hydrogen (secondary N) is 2. The Balaban J connectivity index is 2.19. The first-order valence-electron chi connectivity index (χ1n) is 6.32. The van der Waals surface area contributed by atoms with Crippen LogP contribution in [0.25, 0.3) is 11.1 Å². The van der Waals surface area contributed by atoms with E-state index in [-0.39, 0.29) is 0 Å². The molecule has 2 rings (SSSR count). The second kappa shape index (κ2) is 6.34. The molecule has 1 unspecified atom stereocenters. The molecule has 94 valence electrons. The zero-order valence-electron chi connectivity index (χ0n) is 11.0. The van der Waals surface area contributed by atoms with Crippen molar-refractivity contribution < 1.29 is 0 Å². The van der Waals surface area contributed by atoms with Gasteiger partial charge in [-0.15, -0.1) is 0 Å². The summed E-state index contributed by atoms with van der Waals surface area (Å²) in [5.74, 6) is 0. The maximum atomic E-state index is 3.32. The van der Waals surface area contributed by atoms with Crippen LogP contribution in [0.3, 0.4) is 0 Å². The van der Waals surface area contributed by atoms with Gasteiger partial charge in [-0.2, -0.15) is 0 Å². The minimum Gasteiger partial charge on any atom is -0.318 e. The Kier molecular flexibility index (Phi) is 4.51. The van der Waals surface area contributed by atoms with Crippen molar-refractivity contribution in [3.63, 3.8) is 0 Å². The van der Waals surface area contributed by atoms with Gasteiger partial charge in [0.15, 0.2) is 0 Å². The molecule has 2 aromatic rings. The maximum absolute atomic E-state index is 3.32. The van der Waals surface area contributed by atoms with E-state index in [4.69, 9.17) is 0 Å². The number of likely N-dealkylation sites (N-methyl/N-ethyl adjacent to an activating group) is 2. The summed E-state index contributed by atoms with van der Waals surface area (Å²) in [6.07, 6.45) is 0. The molecule has 0 aliphatic carbocycles. The monoisotopic (exact) mass is 240 g/mol. The lowest BCUT2D eigenvalue weighted by atomic mass is 10.0. The molecule has 2 aromatic carbocycles. The summed E-state index contributed by atoms with van der Waals surface area (Å²) in [6, 6.07) is 19.6. The zero-order chi connectivity index (χ0) is 12.8. The molecule has 2 nitrogen and oxygen atoms in total. The standard InChI is InChI=1S/C16H20N2/c1-17-12-16(18-2)15-10-8-14(9-11-15)13-6-4-3-5-7-13/h3-11,16-18H,12H2,1-2H3. The van der Waals surface area contributed by atoms with Crippen molar-refractivity contribution in [3.05, 3.63) is 60.2 Å². The molecule has 1 atom stereocenters. The second-order valence-electron chi connectivity index (χ2n) is 4.39. The van der Waals surface area contributed by atoms with Crippen LogP contribution >= 0.6 is 0 Å². The third kappa shape index (κ3) is 2.97. The normalized spacial score (nSPS) is 12.3. The molecule has 0 bridgehead atoms. The van der Waals surface area contributed by atoms with E-state index in [2.05, 4.69) is 59.2 Å². The van der Waals surface area contributed by atoms with Gasteiger partial charge in [0.2, 0.25) is 0 Å².